The molecule has 0 aliphatic rings. The van der Waals surface area contributed by atoms with Crippen molar-refractivity contribution in [3.63, 3.8) is 0 Å². The maximum atomic E-state index is 12.6. The van der Waals surface area contributed by atoms with Crippen molar-refractivity contribution in [2.24, 2.45) is 0 Å². The van der Waals surface area contributed by atoms with E-state index in [1.54, 1.807) is 36.4 Å². The molecule has 1 N–H and O–H groups in total. The quantitative estimate of drug-likeness (QED) is 0.357. The Hall–Kier alpha value is -2.19. The SMILES string of the molecule is CSc1ccc(C(=O)C(C)(O)COS(=O)(=O)c2ccc3ccccc3c2)cc1. The molecule has 0 spiro atoms. The van der Waals surface area contributed by atoms with Gasteiger partial charge in [0.25, 0.3) is 10.1 Å². The number of ketones is 1. The summed E-state index contributed by atoms with van der Waals surface area (Å²) in [6, 6.07) is 18.7. The molecule has 146 valence electrons. The lowest BCUT2D eigenvalue weighted by Crippen LogP contribution is -2.40. The molecular formula is C21H20O5S2. The zero-order valence-corrected chi connectivity index (χ0v) is 17.1. The predicted octanol–water partition coefficient (Wildman–Crippen LogP) is 3.90. The van der Waals surface area contributed by atoms with Crippen LogP contribution in [0.4, 0.5) is 0 Å². The number of benzene rings is 3. The lowest BCUT2D eigenvalue weighted by molar-refractivity contribution is 0.0175. The molecule has 0 aliphatic heterocycles. The molecule has 0 amide bonds. The van der Waals surface area contributed by atoms with Crippen molar-refractivity contribution in [2.75, 3.05) is 12.9 Å². The number of Topliss-reactive ketones (excluding diaryl/α,β-unsaturated/α-hetero) is 1. The van der Waals surface area contributed by atoms with Crippen molar-refractivity contribution >= 4 is 38.4 Å². The molecule has 1 unspecified atom stereocenters. The van der Waals surface area contributed by atoms with Crippen LogP contribution in [0.25, 0.3) is 10.8 Å². The largest absolute Gasteiger partial charge is 0.379 e. The molecule has 0 aromatic heterocycles. The van der Waals surface area contributed by atoms with Crippen LogP contribution in [0, 0.1) is 0 Å². The Bertz CT molecular complexity index is 1100. The van der Waals surface area contributed by atoms with Gasteiger partial charge < -0.3 is 5.11 Å². The summed E-state index contributed by atoms with van der Waals surface area (Å²) < 4.78 is 30.0. The van der Waals surface area contributed by atoms with Crippen molar-refractivity contribution in [3.8, 4) is 0 Å². The molecule has 5 nitrogen and oxygen atoms in total. The van der Waals surface area contributed by atoms with E-state index in [9.17, 15) is 18.3 Å². The van der Waals surface area contributed by atoms with Crippen LogP contribution in [0.15, 0.2) is 76.5 Å². The normalized spacial score (nSPS) is 14.0. The van der Waals surface area contributed by atoms with Gasteiger partial charge in [-0.1, -0.05) is 42.5 Å². The highest BCUT2D eigenvalue weighted by molar-refractivity contribution is 7.98. The molecule has 0 bridgehead atoms. The van der Waals surface area contributed by atoms with Gasteiger partial charge in [-0.05, 0) is 48.2 Å². The zero-order chi connectivity index (χ0) is 20.4. The Morgan fingerprint density at radius 3 is 2.32 bits per heavy atom. The van der Waals surface area contributed by atoms with Crippen molar-refractivity contribution in [2.45, 2.75) is 22.3 Å². The third-order valence-corrected chi connectivity index (χ3v) is 6.35. The molecule has 3 rings (SSSR count). The molecule has 0 heterocycles. The molecule has 3 aromatic carbocycles. The van der Waals surface area contributed by atoms with Crippen molar-refractivity contribution in [1.82, 2.24) is 0 Å². The van der Waals surface area contributed by atoms with Crippen LogP contribution in [-0.2, 0) is 14.3 Å². The highest BCUT2D eigenvalue weighted by Crippen LogP contribution is 2.23. The second-order valence-electron chi connectivity index (χ2n) is 6.56. The Morgan fingerprint density at radius 2 is 1.68 bits per heavy atom. The van der Waals surface area contributed by atoms with Crippen LogP contribution in [0.5, 0.6) is 0 Å². The number of carbonyl (C=O) groups excluding carboxylic acids is 1. The first-order valence-electron chi connectivity index (χ1n) is 8.52. The van der Waals surface area contributed by atoms with E-state index in [1.807, 2.05) is 24.5 Å². The first-order valence-corrected chi connectivity index (χ1v) is 11.2. The summed E-state index contributed by atoms with van der Waals surface area (Å²) in [5.41, 5.74) is -1.69. The van der Waals surface area contributed by atoms with Gasteiger partial charge in [0.15, 0.2) is 5.78 Å². The van der Waals surface area contributed by atoms with Gasteiger partial charge in [-0.3, -0.25) is 8.98 Å². The first kappa shape index (κ1) is 20.5. The number of carbonyl (C=O) groups is 1. The minimum Gasteiger partial charge on any atom is -0.379 e. The van der Waals surface area contributed by atoms with E-state index in [1.165, 1.54) is 30.8 Å². The van der Waals surface area contributed by atoms with Gasteiger partial charge in [0.05, 0.1) is 4.90 Å². The van der Waals surface area contributed by atoms with Gasteiger partial charge in [-0.25, -0.2) is 0 Å². The molecule has 0 fully saturated rings. The molecular weight excluding hydrogens is 396 g/mol. The smallest absolute Gasteiger partial charge is 0.297 e. The van der Waals surface area contributed by atoms with Crippen LogP contribution in [0.2, 0.25) is 0 Å². The summed E-state index contributed by atoms with van der Waals surface area (Å²) in [5, 5.41) is 12.2. The molecule has 7 heteroatoms. The van der Waals surface area contributed by atoms with E-state index in [2.05, 4.69) is 0 Å². The number of thioether (sulfide) groups is 1. The van der Waals surface area contributed by atoms with E-state index >= 15 is 0 Å². The van der Waals surface area contributed by atoms with Gasteiger partial charge >= 0.3 is 0 Å². The monoisotopic (exact) mass is 416 g/mol. The fourth-order valence-corrected chi connectivity index (χ4v) is 4.14. The molecule has 28 heavy (non-hydrogen) atoms. The predicted molar refractivity (Wildman–Crippen MR) is 110 cm³/mol. The lowest BCUT2D eigenvalue weighted by atomic mass is 9.96. The average Bonchev–Trinajstić information content (AvgIpc) is 2.71. The number of fused-ring (bicyclic) bond motifs is 1. The van der Waals surface area contributed by atoms with Gasteiger partial charge in [-0.2, -0.15) is 8.42 Å². The number of aliphatic hydroxyl groups is 1. The second-order valence-corrected chi connectivity index (χ2v) is 9.05. The summed E-state index contributed by atoms with van der Waals surface area (Å²) in [4.78, 5) is 13.5. The fourth-order valence-electron chi connectivity index (χ4n) is 2.70. The number of hydrogen-bond acceptors (Lipinski definition) is 6. The first-order chi connectivity index (χ1) is 13.2. The third kappa shape index (κ3) is 4.44. The van der Waals surface area contributed by atoms with E-state index in [-0.39, 0.29) is 10.5 Å². The second kappa shape index (κ2) is 8.05. The Kier molecular flexibility index (Phi) is 5.90. The van der Waals surface area contributed by atoms with Crippen LogP contribution >= 0.6 is 11.8 Å². The molecule has 3 aromatic rings. The van der Waals surface area contributed by atoms with E-state index in [4.69, 9.17) is 4.18 Å². The molecule has 0 saturated carbocycles. The topological polar surface area (TPSA) is 80.7 Å². The standard InChI is InChI=1S/C21H20O5S2/c1-21(23,20(22)16-7-10-18(27-2)11-8-16)14-26-28(24,25)19-12-9-15-5-3-4-6-17(15)13-19/h3-13,23H,14H2,1-2H3. The van der Waals surface area contributed by atoms with Gasteiger partial charge in [0.2, 0.25) is 0 Å². The molecule has 0 aliphatic carbocycles. The lowest BCUT2D eigenvalue weighted by Gasteiger charge is -2.21. The van der Waals surface area contributed by atoms with Gasteiger partial charge in [0, 0.05) is 10.5 Å². The minimum atomic E-state index is -4.13. The third-order valence-electron chi connectivity index (χ3n) is 4.35. The fraction of sp³-hybridized carbons (Fsp3) is 0.190. The van der Waals surface area contributed by atoms with Gasteiger partial charge in [-0.15, -0.1) is 11.8 Å². The molecule has 0 radical (unpaired) electrons. The maximum absolute atomic E-state index is 12.6. The average molecular weight is 417 g/mol. The summed E-state index contributed by atoms with van der Waals surface area (Å²) in [6.07, 6.45) is 1.92. The van der Waals surface area contributed by atoms with Gasteiger partial charge in [0.1, 0.15) is 12.2 Å². The molecule has 0 saturated heterocycles. The Labute approximate surface area is 168 Å². The van der Waals surface area contributed by atoms with Crippen molar-refractivity contribution < 1.29 is 22.5 Å². The summed E-state index contributed by atoms with van der Waals surface area (Å²) in [5.74, 6) is -0.603. The Morgan fingerprint density at radius 1 is 1.04 bits per heavy atom. The summed E-state index contributed by atoms with van der Waals surface area (Å²) >= 11 is 1.53. The summed E-state index contributed by atoms with van der Waals surface area (Å²) in [7, 11) is -4.13. The van der Waals surface area contributed by atoms with Crippen LogP contribution in [0.3, 0.4) is 0 Å². The van der Waals surface area contributed by atoms with E-state index in [0.29, 0.717) is 0 Å². The maximum Gasteiger partial charge on any atom is 0.297 e. The minimum absolute atomic E-state index is 0.0289. The van der Waals surface area contributed by atoms with E-state index in [0.717, 1.165) is 15.7 Å². The highest BCUT2D eigenvalue weighted by atomic mass is 32.2. The highest BCUT2D eigenvalue weighted by Gasteiger charge is 2.34. The summed E-state index contributed by atoms with van der Waals surface area (Å²) in [6.45, 7) is 0.568. The Balaban J connectivity index is 1.76. The van der Waals surface area contributed by atoms with Crippen molar-refractivity contribution in [1.29, 1.82) is 0 Å². The number of hydrogen-bond donors (Lipinski definition) is 1. The van der Waals surface area contributed by atoms with Crippen LogP contribution < -0.4 is 0 Å². The van der Waals surface area contributed by atoms with E-state index < -0.39 is 28.1 Å². The molecule has 1 atom stereocenters. The number of rotatable bonds is 7. The van der Waals surface area contributed by atoms with Crippen LogP contribution in [-0.4, -0.2) is 37.8 Å². The zero-order valence-electron chi connectivity index (χ0n) is 15.5. The van der Waals surface area contributed by atoms with Crippen molar-refractivity contribution in [3.05, 3.63) is 72.3 Å². The van der Waals surface area contributed by atoms with Crippen LogP contribution in [0.1, 0.15) is 17.3 Å².